The predicted octanol–water partition coefficient (Wildman–Crippen LogP) is -1.21. The Morgan fingerprint density at radius 3 is 2.67 bits per heavy atom. The van der Waals surface area contributed by atoms with E-state index in [1.54, 1.807) is 0 Å². The Labute approximate surface area is 50.2 Å². The lowest BCUT2D eigenvalue weighted by Gasteiger charge is -1.83. The molecular weight excluding hydrogens is 122 g/mol. The van der Waals surface area contributed by atoms with E-state index in [0.29, 0.717) is 0 Å². The molecule has 5 N–H and O–H groups in total. The number of aromatic amines is 1. The third-order valence-corrected chi connectivity index (χ3v) is 0.729. The fraction of sp³-hybridized carbons (Fsp3) is 0. The average molecular weight is 127 g/mol. The van der Waals surface area contributed by atoms with E-state index in [1.807, 2.05) is 0 Å². The predicted molar refractivity (Wildman–Crippen MR) is 29.1 cm³/mol. The van der Waals surface area contributed by atoms with Crippen LogP contribution in [0.25, 0.3) is 0 Å². The summed E-state index contributed by atoms with van der Waals surface area (Å²) in [6.07, 6.45) is 0. The van der Waals surface area contributed by atoms with Gasteiger partial charge >= 0.3 is 6.01 Å². The maximum Gasteiger partial charge on any atom is 0.333 e. The van der Waals surface area contributed by atoms with Crippen LogP contribution in [0.1, 0.15) is 5.82 Å². The van der Waals surface area contributed by atoms with Crippen molar-refractivity contribution in [2.75, 3.05) is 0 Å². The molecule has 48 valence electrons. The highest BCUT2D eigenvalue weighted by Gasteiger charge is 2.01. The number of aromatic hydroxyl groups is 1. The smallest absolute Gasteiger partial charge is 0.333 e. The van der Waals surface area contributed by atoms with Crippen molar-refractivity contribution in [2.45, 2.75) is 0 Å². The maximum atomic E-state index is 8.50. The molecule has 0 saturated carbocycles. The van der Waals surface area contributed by atoms with Gasteiger partial charge in [-0.05, 0) is 0 Å². The van der Waals surface area contributed by atoms with E-state index in [-0.39, 0.29) is 11.7 Å². The molecule has 0 aliphatic heterocycles. The normalized spacial score (nSPS) is 9.33. The van der Waals surface area contributed by atoms with Gasteiger partial charge in [0.25, 0.3) is 0 Å². The Balaban J connectivity index is 2.98. The van der Waals surface area contributed by atoms with Crippen molar-refractivity contribution in [3.05, 3.63) is 5.82 Å². The molecular formula is C3H5N5O. The standard InChI is InChI=1S/C3H5N5O/c4-1(5)2-6-3(9)8-7-2/h(H3,4,5)(H2,6,7,8,9). The minimum absolute atomic E-state index is 0.0764. The molecule has 0 spiro atoms. The Morgan fingerprint density at radius 2 is 2.44 bits per heavy atom. The molecule has 1 rings (SSSR count). The number of hydrogen-bond donors (Lipinski definition) is 4. The van der Waals surface area contributed by atoms with Gasteiger partial charge in [-0.25, -0.2) is 0 Å². The number of nitrogens with one attached hydrogen (secondary N) is 2. The van der Waals surface area contributed by atoms with Crippen LogP contribution in [0.2, 0.25) is 0 Å². The third kappa shape index (κ3) is 0.958. The van der Waals surface area contributed by atoms with Gasteiger partial charge in [0.2, 0.25) is 0 Å². The van der Waals surface area contributed by atoms with Crippen molar-refractivity contribution in [2.24, 2.45) is 5.73 Å². The topological polar surface area (TPSA) is 112 Å². The summed E-state index contributed by atoms with van der Waals surface area (Å²) in [4.78, 5) is 3.35. The van der Waals surface area contributed by atoms with Crippen LogP contribution in [0.4, 0.5) is 0 Å². The number of nitrogen functional groups attached to an aromatic ring is 1. The SMILES string of the molecule is N=C(N)c1nc(O)n[nH]1. The molecule has 0 saturated heterocycles. The van der Waals surface area contributed by atoms with Crippen LogP contribution in [-0.4, -0.2) is 26.1 Å². The summed E-state index contributed by atoms with van der Waals surface area (Å²) in [6, 6.07) is -0.403. The van der Waals surface area contributed by atoms with Crippen LogP contribution >= 0.6 is 0 Å². The summed E-state index contributed by atoms with van der Waals surface area (Å²) in [7, 11) is 0. The van der Waals surface area contributed by atoms with E-state index < -0.39 is 6.01 Å². The molecule has 1 aromatic heterocycles. The fourth-order valence-electron chi connectivity index (χ4n) is 0.373. The van der Waals surface area contributed by atoms with E-state index in [2.05, 4.69) is 15.2 Å². The number of H-pyrrole nitrogens is 1. The van der Waals surface area contributed by atoms with Crippen molar-refractivity contribution in [1.82, 2.24) is 15.2 Å². The molecule has 1 heterocycles. The molecule has 9 heavy (non-hydrogen) atoms. The van der Waals surface area contributed by atoms with Gasteiger partial charge in [-0.3, -0.25) is 10.5 Å². The van der Waals surface area contributed by atoms with Gasteiger partial charge in [0.1, 0.15) is 0 Å². The van der Waals surface area contributed by atoms with Crippen LogP contribution in [0.3, 0.4) is 0 Å². The van der Waals surface area contributed by atoms with E-state index >= 15 is 0 Å². The first-order chi connectivity index (χ1) is 4.20. The zero-order valence-corrected chi connectivity index (χ0v) is 4.42. The Hall–Kier alpha value is -1.59. The molecule has 0 aliphatic rings. The fourth-order valence-corrected chi connectivity index (χ4v) is 0.373. The van der Waals surface area contributed by atoms with E-state index in [9.17, 15) is 0 Å². The quantitative estimate of drug-likeness (QED) is 0.280. The van der Waals surface area contributed by atoms with Gasteiger partial charge in [0.05, 0.1) is 0 Å². The molecule has 1 aromatic rings. The minimum atomic E-state index is -0.403. The molecule has 0 amide bonds. The third-order valence-electron chi connectivity index (χ3n) is 0.729. The highest BCUT2D eigenvalue weighted by molar-refractivity contribution is 5.91. The van der Waals surface area contributed by atoms with E-state index in [1.165, 1.54) is 0 Å². The van der Waals surface area contributed by atoms with E-state index in [0.717, 1.165) is 0 Å². The Kier molecular flexibility index (Phi) is 1.07. The van der Waals surface area contributed by atoms with Crippen LogP contribution in [0.5, 0.6) is 6.01 Å². The van der Waals surface area contributed by atoms with Crippen molar-refractivity contribution in [3.8, 4) is 6.01 Å². The lowest BCUT2D eigenvalue weighted by atomic mass is 10.6. The van der Waals surface area contributed by atoms with Crippen molar-refractivity contribution in [3.63, 3.8) is 0 Å². The summed E-state index contributed by atoms with van der Waals surface area (Å²) in [5.74, 6) is -0.171. The zero-order chi connectivity index (χ0) is 6.85. The second-order valence-electron chi connectivity index (χ2n) is 1.40. The molecule has 6 heteroatoms. The van der Waals surface area contributed by atoms with Crippen molar-refractivity contribution < 1.29 is 5.11 Å². The summed E-state index contributed by atoms with van der Waals surface area (Å²) < 4.78 is 0. The summed E-state index contributed by atoms with van der Waals surface area (Å²) in [6.45, 7) is 0. The second kappa shape index (κ2) is 1.73. The first kappa shape index (κ1) is 5.54. The van der Waals surface area contributed by atoms with Crippen molar-refractivity contribution >= 4 is 5.84 Å². The van der Waals surface area contributed by atoms with E-state index in [4.69, 9.17) is 16.2 Å². The first-order valence-electron chi connectivity index (χ1n) is 2.16. The number of aromatic nitrogens is 3. The molecule has 0 aromatic carbocycles. The monoisotopic (exact) mass is 127 g/mol. The largest absolute Gasteiger partial charge is 0.478 e. The van der Waals surface area contributed by atoms with Crippen LogP contribution in [0, 0.1) is 5.41 Å². The summed E-state index contributed by atoms with van der Waals surface area (Å²) in [5.41, 5.74) is 4.97. The zero-order valence-electron chi connectivity index (χ0n) is 4.42. The highest BCUT2D eigenvalue weighted by atomic mass is 16.3. The number of amidine groups is 1. The first-order valence-corrected chi connectivity index (χ1v) is 2.16. The number of hydrogen-bond acceptors (Lipinski definition) is 4. The molecule has 0 atom stereocenters. The van der Waals surface area contributed by atoms with Crippen LogP contribution in [0.15, 0.2) is 0 Å². The van der Waals surface area contributed by atoms with Gasteiger partial charge in [0, 0.05) is 0 Å². The Bertz CT molecular complexity index is 228. The molecule has 0 fully saturated rings. The molecule has 0 aliphatic carbocycles. The van der Waals surface area contributed by atoms with Crippen LogP contribution < -0.4 is 5.73 Å². The van der Waals surface area contributed by atoms with Crippen molar-refractivity contribution in [1.29, 1.82) is 5.41 Å². The summed E-state index contributed by atoms with van der Waals surface area (Å²) >= 11 is 0. The lowest BCUT2D eigenvalue weighted by molar-refractivity contribution is 0.433. The van der Waals surface area contributed by atoms with Gasteiger partial charge in [0.15, 0.2) is 11.7 Å². The van der Waals surface area contributed by atoms with Gasteiger partial charge in [-0.15, -0.1) is 5.10 Å². The lowest BCUT2D eigenvalue weighted by Crippen LogP contribution is -2.12. The Morgan fingerprint density at radius 1 is 1.78 bits per heavy atom. The van der Waals surface area contributed by atoms with Gasteiger partial charge < -0.3 is 10.8 Å². The molecule has 0 bridgehead atoms. The number of rotatable bonds is 1. The summed E-state index contributed by atoms with van der Waals surface area (Å²) in [5, 5.41) is 20.8. The second-order valence-corrected chi connectivity index (χ2v) is 1.40. The molecule has 0 radical (unpaired) electrons. The minimum Gasteiger partial charge on any atom is -0.478 e. The van der Waals surface area contributed by atoms with Gasteiger partial charge in [-0.2, -0.15) is 4.98 Å². The average Bonchev–Trinajstić information content (AvgIpc) is 2.14. The maximum absolute atomic E-state index is 8.50. The highest BCUT2D eigenvalue weighted by Crippen LogP contribution is 1.94. The molecule has 6 nitrogen and oxygen atoms in total. The number of nitrogens with two attached hydrogens (primary N) is 1. The molecule has 0 unspecified atom stereocenters. The number of nitrogens with zero attached hydrogens (tertiary/aromatic N) is 2. The van der Waals surface area contributed by atoms with Crippen LogP contribution in [-0.2, 0) is 0 Å². The van der Waals surface area contributed by atoms with Gasteiger partial charge in [-0.1, -0.05) is 0 Å².